The monoisotopic (exact) mass is 243 g/mol. The fourth-order valence-corrected chi connectivity index (χ4v) is 2.67. The molecule has 1 rings (SSSR count). The topological polar surface area (TPSA) is 60.8 Å². The van der Waals surface area contributed by atoms with Crippen LogP contribution in [0.5, 0.6) is 0 Å². The van der Waals surface area contributed by atoms with Gasteiger partial charge in [0.2, 0.25) is 0 Å². The summed E-state index contributed by atoms with van der Waals surface area (Å²) in [7, 11) is 0. The van der Waals surface area contributed by atoms with Crippen LogP contribution in [0.4, 0.5) is 0 Å². The van der Waals surface area contributed by atoms with Gasteiger partial charge < -0.3 is 10.2 Å². The van der Waals surface area contributed by atoms with Gasteiger partial charge >= 0.3 is 5.97 Å². The highest BCUT2D eigenvalue weighted by Gasteiger charge is 2.35. The molecule has 0 bridgehead atoms. The third kappa shape index (κ3) is 4.64. The standard InChI is InChI=1S/C13H25NO3/c1-2-3-4-6-11-9-12(13(16)17)14(10-11)7-5-8-15/h11-12,15H,2-10H2,1H3,(H,16,17). The molecule has 17 heavy (non-hydrogen) atoms. The molecule has 0 aromatic carbocycles. The first kappa shape index (κ1) is 14.5. The van der Waals surface area contributed by atoms with Gasteiger partial charge in [-0.3, -0.25) is 9.69 Å². The van der Waals surface area contributed by atoms with Crippen molar-refractivity contribution in [3.8, 4) is 0 Å². The van der Waals surface area contributed by atoms with Gasteiger partial charge in [0.25, 0.3) is 0 Å². The Labute approximate surface area is 104 Å². The van der Waals surface area contributed by atoms with Crippen LogP contribution in [0.2, 0.25) is 0 Å². The van der Waals surface area contributed by atoms with E-state index in [9.17, 15) is 4.79 Å². The molecule has 0 spiro atoms. The van der Waals surface area contributed by atoms with Crippen molar-refractivity contribution in [2.75, 3.05) is 19.7 Å². The second-order valence-electron chi connectivity index (χ2n) is 5.02. The van der Waals surface area contributed by atoms with Gasteiger partial charge in [0.05, 0.1) is 0 Å². The number of carboxylic acids is 1. The number of carboxylic acid groups (broad SMARTS) is 1. The molecular weight excluding hydrogens is 218 g/mol. The first-order chi connectivity index (χ1) is 8.19. The van der Waals surface area contributed by atoms with Gasteiger partial charge in [0.15, 0.2) is 0 Å². The third-order valence-corrected chi connectivity index (χ3v) is 3.59. The predicted molar refractivity (Wildman–Crippen MR) is 66.9 cm³/mol. The number of hydrogen-bond donors (Lipinski definition) is 2. The molecule has 0 saturated carbocycles. The van der Waals surface area contributed by atoms with Crippen molar-refractivity contribution >= 4 is 5.97 Å². The van der Waals surface area contributed by atoms with Crippen LogP contribution in [0.25, 0.3) is 0 Å². The number of aliphatic hydroxyl groups excluding tert-OH is 1. The Morgan fingerprint density at radius 2 is 2.12 bits per heavy atom. The van der Waals surface area contributed by atoms with Crippen LogP contribution in [-0.4, -0.2) is 46.8 Å². The molecule has 0 aromatic heterocycles. The average molecular weight is 243 g/mol. The van der Waals surface area contributed by atoms with Gasteiger partial charge in [0, 0.05) is 19.7 Å². The molecule has 2 atom stereocenters. The highest BCUT2D eigenvalue weighted by atomic mass is 16.4. The fraction of sp³-hybridized carbons (Fsp3) is 0.923. The first-order valence-electron chi connectivity index (χ1n) is 6.76. The van der Waals surface area contributed by atoms with E-state index in [-0.39, 0.29) is 12.6 Å². The van der Waals surface area contributed by atoms with Crippen LogP contribution in [0, 0.1) is 5.92 Å². The van der Waals surface area contributed by atoms with E-state index >= 15 is 0 Å². The summed E-state index contributed by atoms with van der Waals surface area (Å²) in [6.45, 7) is 3.92. The molecule has 4 heteroatoms. The van der Waals surface area contributed by atoms with E-state index < -0.39 is 5.97 Å². The van der Waals surface area contributed by atoms with E-state index in [2.05, 4.69) is 6.92 Å². The zero-order valence-electron chi connectivity index (χ0n) is 10.8. The molecule has 0 aliphatic carbocycles. The predicted octanol–water partition coefficient (Wildman–Crippen LogP) is 1.72. The summed E-state index contributed by atoms with van der Waals surface area (Å²) in [4.78, 5) is 13.2. The van der Waals surface area contributed by atoms with E-state index in [1.807, 2.05) is 4.90 Å². The van der Waals surface area contributed by atoms with Crippen molar-refractivity contribution in [3.63, 3.8) is 0 Å². The summed E-state index contributed by atoms with van der Waals surface area (Å²) in [5.41, 5.74) is 0. The second kappa shape index (κ2) is 7.67. The minimum absolute atomic E-state index is 0.142. The zero-order valence-corrected chi connectivity index (χ0v) is 10.8. The molecule has 2 unspecified atom stereocenters. The van der Waals surface area contributed by atoms with Gasteiger partial charge in [-0.05, 0) is 25.2 Å². The quantitative estimate of drug-likeness (QED) is 0.637. The Balaban J connectivity index is 2.38. The van der Waals surface area contributed by atoms with Crippen molar-refractivity contribution in [2.24, 2.45) is 5.92 Å². The summed E-state index contributed by atoms with van der Waals surface area (Å²) in [5, 5.41) is 18.0. The number of aliphatic carboxylic acids is 1. The summed E-state index contributed by atoms with van der Waals surface area (Å²) < 4.78 is 0. The van der Waals surface area contributed by atoms with Crippen molar-refractivity contribution in [3.05, 3.63) is 0 Å². The Hall–Kier alpha value is -0.610. The Bertz CT molecular complexity index is 233. The van der Waals surface area contributed by atoms with E-state index in [1.165, 1.54) is 19.3 Å². The number of likely N-dealkylation sites (tertiary alicyclic amines) is 1. The van der Waals surface area contributed by atoms with Gasteiger partial charge in [-0.2, -0.15) is 0 Å². The summed E-state index contributed by atoms with van der Waals surface area (Å²) in [5.74, 6) is -0.178. The van der Waals surface area contributed by atoms with Gasteiger partial charge in [-0.25, -0.2) is 0 Å². The largest absolute Gasteiger partial charge is 0.480 e. The lowest BCUT2D eigenvalue weighted by molar-refractivity contribution is -0.142. The average Bonchev–Trinajstić information content (AvgIpc) is 2.70. The van der Waals surface area contributed by atoms with Crippen LogP contribution in [0.3, 0.4) is 0 Å². The third-order valence-electron chi connectivity index (χ3n) is 3.59. The second-order valence-corrected chi connectivity index (χ2v) is 5.02. The summed E-state index contributed by atoms with van der Waals surface area (Å²) in [6, 6.07) is -0.326. The molecule has 0 radical (unpaired) electrons. The molecule has 1 saturated heterocycles. The van der Waals surface area contributed by atoms with Gasteiger partial charge in [-0.15, -0.1) is 0 Å². The Morgan fingerprint density at radius 3 is 2.71 bits per heavy atom. The van der Waals surface area contributed by atoms with Crippen LogP contribution in [-0.2, 0) is 4.79 Å². The molecule has 100 valence electrons. The number of rotatable bonds is 8. The number of carbonyl (C=O) groups is 1. The van der Waals surface area contributed by atoms with Gasteiger partial charge in [0.1, 0.15) is 6.04 Å². The van der Waals surface area contributed by atoms with Crippen molar-refractivity contribution < 1.29 is 15.0 Å². The maximum atomic E-state index is 11.1. The SMILES string of the molecule is CCCCCC1CC(C(=O)O)N(CCCO)C1. The summed E-state index contributed by atoms with van der Waals surface area (Å²) in [6.07, 6.45) is 6.26. The number of unbranched alkanes of at least 4 members (excludes halogenated alkanes) is 2. The maximum Gasteiger partial charge on any atom is 0.320 e. The summed E-state index contributed by atoms with van der Waals surface area (Å²) >= 11 is 0. The maximum absolute atomic E-state index is 11.1. The van der Waals surface area contributed by atoms with E-state index in [4.69, 9.17) is 10.2 Å². The highest BCUT2D eigenvalue weighted by molar-refractivity contribution is 5.73. The molecule has 1 fully saturated rings. The Morgan fingerprint density at radius 1 is 1.35 bits per heavy atom. The van der Waals surface area contributed by atoms with Crippen LogP contribution < -0.4 is 0 Å². The lowest BCUT2D eigenvalue weighted by atomic mass is 9.98. The normalized spacial score (nSPS) is 25.3. The van der Waals surface area contributed by atoms with Crippen LogP contribution in [0.15, 0.2) is 0 Å². The Kier molecular flexibility index (Phi) is 6.52. The molecule has 0 amide bonds. The van der Waals surface area contributed by atoms with Crippen molar-refractivity contribution in [1.82, 2.24) is 4.90 Å². The molecule has 1 aliphatic heterocycles. The van der Waals surface area contributed by atoms with Crippen LogP contribution >= 0.6 is 0 Å². The smallest absolute Gasteiger partial charge is 0.320 e. The molecule has 2 N–H and O–H groups in total. The number of aliphatic hydroxyl groups is 1. The fourth-order valence-electron chi connectivity index (χ4n) is 2.67. The van der Waals surface area contributed by atoms with Crippen molar-refractivity contribution in [2.45, 2.75) is 51.5 Å². The minimum atomic E-state index is -0.707. The zero-order chi connectivity index (χ0) is 12.7. The molecule has 4 nitrogen and oxygen atoms in total. The molecule has 1 heterocycles. The molecule has 0 aromatic rings. The van der Waals surface area contributed by atoms with Crippen molar-refractivity contribution in [1.29, 1.82) is 0 Å². The number of nitrogens with zero attached hydrogens (tertiary/aromatic N) is 1. The lowest BCUT2D eigenvalue weighted by Gasteiger charge is -2.20. The number of hydrogen-bond acceptors (Lipinski definition) is 3. The van der Waals surface area contributed by atoms with E-state index in [0.29, 0.717) is 18.9 Å². The molecule has 1 aliphatic rings. The minimum Gasteiger partial charge on any atom is -0.480 e. The van der Waals surface area contributed by atoms with Crippen LogP contribution in [0.1, 0.15) is 45.4 Å². The van der Waals surface area contributed by atoms with E-state index in [0.717, 1.165) is 19.4 Å². The van der Waals surface area contributed by atoms with Gasteiger partial charge in [-0.1, -0.05) is 26.2 Å². The first-order valence-corrected chi connectivity index (χ1v) is 6.76. The molecular formula is C13H25NO3. The highest BCUT2D eigenvalue weighted by Crippen LogP contribution is 2.27. The lowest BCUT2D eigenvalue weighted by Crippen LogP contribution is -2.36. The van der Waals surface area contributed by atoms with E-state index in [1.54, 1.807) is 0 Å².